The van der Waals surface area contributed by atoms with Gasteiger partial charge >= 0.3 is 5.69 Å². The fourth-order valence-electron chi connectivity index (χ4n) is 1.62. The summed E-state index contributed by atoms with van der Waals surface area (Å²) in [7, 11) is 1.65. The first-order valence-corrected chi connectivity index (χ1v) is 5.73. The molecule has 0 radical (unpaired) electrons. The minimum Gasteiger partial charge on any atom is -0.364 e. The number of aromatic nitrogens is 5. The van der Waals surface area contributed by atoms with E-state index in [-0.39, 0.29) is 17.2 Å². The maximum atomic E-state index is 11.2. The molecule has 0 saturated heterocycles. The molecule has 100 valence electrons. The molecule has 0 atom stereocenters. The van der Waals surface area contributed by atoms with Gasteiger partial charge in [-0.15, -0.1) is 5.10 Å². The second kappa shape index (κ2) is 5.38. The molecule has 0 bridgehead atoms. The van der Waals surface area contributed by atoms with Gasteiger partial charge in [-0.05, 0) is 6.42 Å². The zero-order valence-electron chi connectivity index (χ0n) is 10.6. The van der Waals surface area contributed by atoms with Gasteiger partial charge in [-0.1, -0.05) is 12.1 Å². The summed E-state index contributed by atoms with van der Waals surface area (Å²) >= 11 is 0. The van der Waals surface area contributed by atoms with Gasteiger partial charge in [0, 0.05) is 13.6 Å². The van der Waals surface area contributed by atoms with Crippen LogP contribution in [0.2, 0.25) is 0 Å². The van der Waals surface area contributed by atoms with Crippen LogP contribution in [0.4, 0.5) is 11.5 Å². The van der Waals surface area contributed by atoms with E-state index in [0.717, 1.165) is 6.42 Å². The molecule has 9 nitrogen and oxygen atoms in total. The van der Waals surface area contributed by atoms with Crippen molar-refractivity contribution in [3.05, 3.63) is 22.6 Å². The molecular weight excluding hydrogens is 250 g/mol. The molecule has 0 aliphatic heterocycles. The molecule has 2 heterocycles. The van der Waals surface area contributed by atoms with Crippen LogP contribution >= 0.6 is 0 Å². The van der Waals surface area contributed by atoms with E-state index < -0.39 is 4.92 Å². The highest BCUT2D eigenvalue weighted by Gasteiger charge is 2.25. The van der Waals surface area contributed by atoms with Crippen LogP contribution in [-0.4, -0.2) is 36.4 Å². The summed E-state index contributed by atoms with van der Waals surface area (Å²) in [4.78, 5) is 18.7. The normalized spacial score (nSPS) is 10.4. The Morgan fingerprint density at radius 2 is 2.26 bits per heavy atom. The van der Waals surface area contributed by atoms with Crippen molar-refractivity contribution in [1.82, 2.24) is 25.0 Å². The van der Waals surface area contributed by atoms with Crippen LogP contribution in [0.15, 0.2) is 12.5 Å². The molecule has 1 N–H and O–H groups in total. The molecule has 2 rings (SSSR count). The van der Waals surface area contributed by atoms with Gasteiger partial charge in [-0.25, -0.2) is 14.6 Å². The van der Waals surface area contributed by atoms with Crippen molar-refractivity contribution in [2.75, 3.05) is 11.9 Å². The van der Waals surface area contributed by atoms with Crippen molar-refractivity contribution in [2.24, 2.45) is 7.05 Å². The third-order valence-electron chi connectivity index (χ3n) is 2.50. The third-order valence-corrected chi connectivity index (χ3v) is 2.50. The molecule has 0 amide bonds. The van der Waals surface area contributed by atoms with E-state index in [0.29, 0.717) is 12.2 Å². The van der Waals surface area contributed by atoms with Crippen LogP contribution in [0, 0.1) is 10.1 Å². The average molecular weight is 263 g/mol. The molecule has 2 aromatic heterocycles. The SMILES string of the molecule is CCCNc1ncnc(-c2cnnn2C)c1[N+](=O)[O-]. The number of rotatable bonds is 5. The Balaban J connectivity index is 2.55. The Bertz CT molecular complexity index is 595. The van der Waals surface area contributed by atoms with E-state index in [1.807, 2.05) is 6.92 Å². The zero-order chi connectivity index (χ0) is 13.8. The largest absolute Gasteiger partial charge is 0.364 e. The summed E-state index contributed by atoms with van der Waals surface area (Å²) in [6.45, 7) is 2.56. The standard InChI is InChI=1S/C10H13N7O2/c1-3-4-11-10-9(17(18)19)8(12-6-13-10)7-5-14-15-16(7)2/h5-6H,3-4H2,1-2H3,(H,11,12,13). The van der Waals surface area contributed by atoms with E-state index in [1.54, 1.807) is 7.05 Å². The highest BCUT2D eigenvalue weighted by molar-refractivity contribution is 5.74. The number of nitrogens with zero attached hydrogens (tertiary/aromatic N) is 6. The highest BCUT2D eigenvalue weighted by atomic mass is 16.6. The minimum atomic E-state index is -0.500. The maximum absolute atomic E-state index is 11.2. The number of aryl methyl sites for hydroxylation is 1. The molecule has 0 spiro atoms. The minimum absolute atomic E-state index is 0.165. The van der Waals surface area contributed by atoms with Crippen LogP contribution in [-0.2, 0) is 7.05 Å². The van der Waals surface area contributed by atoms with Crippen LogP contribution in [0.3, 0.4) is 0 Å². The van der Waals surface area contributed by atoms with E-state index in [4.69, 9.17) is 0 Å². The summed E-state index contributed by atoms with van der Waals surface area (Å²) in [6.07, 6.45) is 3.55. The third kappa shape index (κ3) is 2.49. The summed E-state index contributed by atoms with van der Waals surface area (Å²) in [5.74, 6) is 0.207. The first-order valence-electron chi connectivity index (χ1n) is 5.73. The molecule has 0 aliphatic rings. The van der Waals surface area contributed by atoms with Crippen molar-refractivity contribution in [2.45, 2.75) is 13.3 Å². The second-order valence-electron chi connectivity index (χ2n) is 3.85. The number of hydrogen-bond acceptors (Lipinski definition) is 7. The van der Waals surface area contributed by atoms with Crippen LogP contribution in [0.1, 0.15) is 13.3 Å². The van der Waals surface area contributed by atoms with Crippen LogP contribution in [0.25, 0.3) is 11.4 Å². The number of hydrogen-bond donors (Lipinski definition) is 1. The monoisotopic (exact) mass is 263 g/mol. The highest BCUT2D eigenvalue weighted by Crippen LogP contribution is 2.31. The Morgan fingerprint density at radius 1 is 1.47 bits per heavy atom. The molecular formula is C10H13N7O2. The Kier molecular flexibility index (Phi) is 3.64. The van der Waals surface area contributed by atoms with Gasteiger partial charge in [-0.2, -0.15) is 0 Å². The van der Waals surface area contributed by atoms with Gasteiger partial charge in [0.05, 0.1) is 11.1 Å². The molecule has 2 aromatic rings. The lowest BCUT2D eigenvalue weighted by molar-refractivity contribution is -0.383. The summed E-state index contributed by atoms with van der Waals surface area (Å²) < 4.78 is 1.43. The summed E-state index contributed by atoms with van der Waals surface area (Å²) in [6, 6.07) is 0. The summed E-state index contributed by atoms with van der Waals surface area (Å²) in [5, 5.41) is 21.6. The molecule has 0 unspecified atom stereocenters. The number of anilines is 1. The molecule has 19 heavy (non-hydrogen) atoms. The first kappa shape index (κ1) is 12.9. The fourth-order valence-corrected chi connectivity index (χ4v) is 1.62. The molecule has 0 saturated carbocycles. The van der Waals surface area contributed by atoms with Crippen molar-refractivity contribution in [3.63, 3.8) is 0 Å². The number of nitrogens with one attached hydrogen (secondary N) is 1. The van der Waals surface area contributed by atoms with Gasteiger partial charge < -0.3 is 5.32 Å². The Labute approximate surface area is 108 Å². The average Bonchev–Trinajstić information content (AvgIpc) is 2.81. The quantitative estimate of drug-likeness (QED) is 0.632. The fraction of sp³-hybridized carbons (Fsp3) is 0.400. The van der Waals surface area contributed by atoms with Crippen LogP contribution in [0.5, 0.6) is 0 Å². The first-order chi connectivity index (χ1) is 9.15. The van der Waals surface area contributed by atoms with Crippen LogP contribution < -0.4 is 5.32 Å². The molecule has 9 heteroatoms. The van der Waals surface area contributed by atoms with E-state index in [1.165, 1.54) is 17.2 Å². The maximum Gasteiger partial charge on any atom is 0.339 e. The zero-order valence-corrected chi connectivity index (χ0v) is 10.6. The topological polar surface area (TPSA) is 112 Å². The molecule has 0 aliphatic carbocycles. The predicted octanol–water partition coefficient (Wildman–Crippen LogP) is 1.00. The van der Waals surface area contributed by atoms with E-state index >= 15 is 0 Å². The lowest BCUT2D eigenvalue weighted by Gasteiger charge is -2.07. The van der Waals surface area contributed by atoms with Crippen molar-refractivity contribution in [3.8, 4) is 11.4 Å². The molecule has 0 fully saturated rings. The second-order valence-corrected chi connectivity index (χ2v) is 3.85. The van der Waals surface area contributed by atoms with Crippen molar-refractivity contribution in [1.29, 1.82) is 0 Å². The lowest BCUT2D eigenvalue weighted by Crippen LogP contribution is -2.08. The predicted molar refractivity (Wildman–Crippen MR) is 67.5 cm³/mol. The number of nitro groups is 1. The Hall–Kier alpha value is -2.58. The van der Waals surface area contributed by atoms with Crippen molar-refractivity contribution >= 4 is 11.5 Å². The lowest BCUT2D eigenvalue weighted by atomic mass is 10.2. The summed E-state index contributed by atoms with van der Waals surface area (Å²) in [5.41, 5.74) is 0.501. The van der Waals surface area contributed by atoms with Gasteiger partial charge in [0.2, 0.25) is 5.82 Å². The van der Waals surface area contributed by atoms with Gasteiger partial charge in [0.1, 0.15) is 12.0 Å². The van der Waals surface area contributed by atoms with Gasteiger partial charge in [-0.3, -0.25) is 10.1 Å². The van der Waals surface area contributed by atoms with E-state index in [2.05, 4.69) is 25.6 Å². The van der Waals surface area contributed by atoms with Gasteiger partial charge in [0.25, 0.3) is 0 Å². The smallest absolute Gasteiger partial charge is 0.339 e. The Morgan fingerprint density at radius 3 is 2.84 bits per heavy atom. The van der Waals surface area contributed by atoms with E-state index in [9.17, 15) is 10.1 Å². The molecule has 0 aromatic carbocycles. The van der Waals surface area contributed by atoms with Gasteiger partial charge in [0.15, 0.2) is 5.69 Å². The van der Waals surface area contributed by atoms with Crippen molar-refractivity contribution < 1.29 is 4.92 Å².